The highest BCUT2D eigenvalue weighted by molar-refractivity contribution is 7.86. The molecule has 24 heavy (non-hydrogen) atoms. The third kappa shape index (κ3) is 2.65. The fourth-order valence-electron chi connectivity index (χ4n) is 2.68. The van der Waals surface area contributed by atoms with E-state index in [1.165, 1.54) is 17.7 Å². The maximum absolute atomic E-state index is 12.3. The van der Waals surface area contributed by atoms with Crippen LogP contribution in [0, 0.1) is 3.57 Å². The first kappa shape index (κ1) is 16.1. The molecule has 3 aromatic carbocycles. The van der Waals surface area contributed by atoms with Gasteiger partial charge in [0.25, 0.3) is 3.57 Å². The molecule has 1 aliphatic carbocycles. The Morgan fingerprint density at radius 2 is 1.46 bits per heavy atom. The van der Waals surface area contributed by atoms with Crippen LogP contribution in [0.2, 0.25) is 5.02 Å². The van der Waals surface area contributed by atoms with Crippen molar-refractivity contribution in [3.63, 3.8) is 0 Å². The quantitative estimate of drug-likeness (QED) is 0.426. The van der Waals surface area contributed by atoms with E-state index in [-0.39, 0.29) is 4.90 Å². The molecule has 0 aliphatic heterocycles. The summed E-state index contributed by atoms with van der Waals surface area (Å²) < 4.78 is 30.9. The van der Waals surface area contributed by atoms with E-state index in [0.29, 0.717) is 5.02 Å². The molecule has 0 bridgehead atoms. The van der Waals surface area contributed by atoms with E-state index in [4.69, 9.17) is 14.1 Å². The van der Waals surface area contributed by atoms with E-state index in [1.54, 1.807) is 18.2 Å². The van der Waals surface area contributed by atoms with E-state index >= 15 is 0 Å². The molecule has 4 rings (SSSR count). The van der Waals surface area contributed by atoms with Gasteiger partial charge < -0.3 is 0 Å². The van der Waals surface area contributed by atoms with Gasteiger partial charge in [0.15, 0.2) is 0 Å². The van der Waals surface area contributed by atoms with E-state index < -0.39 is 31.7 Å². The Balaban J connectivity index is 1.67. The average Bonchev–Trinajstić information content (AvgIpc) is 2.59. The summed E-state index contributed by atoms with van der Waals surface area (Å²) >= 11 is 5.09. The van der Waals surface area contributed by atoms with Crippen molar-refractivity contribution >= 4 is 21.7 Å². The molecule has 0 spiro atoms. The minimum atomic E-state index is -3.77. The second-order valence-corrected chi connectivity index (χ2v) is 9.75. The first-order valence-corrected chi connectivity index (χ1v) is 10.9. The first-order valence-electron chi connectivity index (χ1n) is 7.14. The number of hydrogen-bond acceptors (Lipinski definition) is 3. The van der Waals surface area contributed by atoms with Crippen molar-refractivity contribution in [1.82, 2.24) is 0 Å². The maximum Gasteiger partial charge on any atom is 0.543 e. The summed E-state index contributed by atoms with van der Waals surface area (Å²) in [4.78, 5) is 0.163. The molecule has 0 heterocycles. The van der Waals surface area contributed by atoms with Crippen LogP contribution in [0.5, 0.6) is 0 Å². The minimum Gasteiger partial charge on any atom is -0.190 e. The standard InChI is InChI=1S/C18H11ClIO3S/c19-16-11-10-15-13-8-4-5-9-14(13)17(15)18(16)20-23-24(21,22)12-6-2-1-3-7-12/h1-11H/q+1. The molecule has 0 aromatic heterocycles. The van der Waals surface area contributed by atoms with Crippen LogP contribution in [-0.4, -0.2) is 8.42 Å². The summed E-state index contributed by atoms with van der Waals surface area (Å²) in [6, 6.07) is 20.0. The van der Waals surface area contributed by atoms with Gasteiger partial charge in [-0.2, -0.15) is 8.42 Å². The van der Waals surface area contributed by atoms with Crippen molar-refractivity contribution in [2.75, 3.05) is 0 Å². The largest absolute Gasteiger partial charge is 0.543 e. The summed E-state index contributed by atoms with van der Waals surface area (Å²) in [6.07, 6.45) is 0. The average molecular weight is 470 g/mol. The molecular formula is C18H11ClIO3S+. The topological polar surface area (TPSA) is 43.4 Å². The Morgan fingerprint density at radius 1 is 0.792 bits per heavy atom. The zero-order valence-electron chi connectivity index (χ0n) is 12.2. The molecule has 0 saturated heterocycles. The minimum absolute atomic E-state index is 0.163. The molecule has 120 valence electrons. The van der Waals surface area contributed by atoms with Crippen molar-refractivity contribution in [3.8, 4) is 22.3 Å². The van der Waals surface area contributed by atoms with E-state index in [1.807, 2.05) is 30.3 Å². The van der Waals surface area contributed by atoms with Gasteiger partial charge in [-0.15, -0.1) is 0 Å². The smallest absolute Gasteiger partial charge is 0.190 e. The lowest BCUT2D eigenvalue weighted by molar-refractivity contribution is -0.836. The van der Waals surface area contributed by atoms with Gasteiger partial charge in [0, 0.05) is 5.56 Å². The van der Waals surface area contributed by atoms with Crippen molar-refractivity contribution < 1.29 is 32.6 Å². The van der Waals surface area contributed by atoms with Gasteiger partial charge in [-0.3, -0.25) is 0 Å². The molecule has 3 nitrogen and oxygen atoms in total. The lowest BCUT2D eigenvalue weighted by atomic mass is 9.81. The second-order valence-electron chi connectivity index (χ2n) is 5.24. The molecule has 6 heteroatoms. The molecule has 0 atom stereocenters. The monoisotopic (exact) mass is 469 g/mol. The molecule has 0 radical (unpaired) electrons. The van der Waals surface area contributed by atoms with Gasteiger partial charge in [-0.25, -0.2) is 0 Å². The van der Waals surface area contributed by atoms with Crippen molar-refractivity contribution in [1.29, 1.82) is 0 Å². The lowest BCUT2D eigenvalue weighted by Crippen LogP contribution is -3.62. The van der Waals surface area contributed by atoms with Crippen molar-refractivity contribution in [2.45, 2.75) is 4.90 Å². The van der Waals surface area contributed by atoms with Crippen molar-refractivity contribution in [3.05, 3.63) is 75.3 Å². The van der Waals surface area contributed by atoms with E-state index in [2.05, 4.69) is 6.07 Å². The Hall–Kier alpha value is -1.41. The third-order valence-corrected chi connectivity index (χ3v) is 9.04. The molecule has 0 amide bonds. The highest BCUT2D eigenvalue weighted by atomic mass is 127. The second kappa shape index (κ2) is 6.15. The first-order chi connectivity index (χ1) is 11.6. The Kier molecular flexibility index (Phi) is 4.12. The molecule has 3 aromatic rings. The number of benzene rings is 3. The third-order valence-electron chi connectivity index (χ3n) is 3.80. The SMILES string of the molecule is O=S(=O)(O[I+]c1c(Cl)ccc2c1-c1ccccc1-2)c1ccccc1. The lowest BCUT2D eigenvalue weighted by Gasteiger charge is -2.22. The Labute approximate surface area is 156 Å². The van der Waals surface area contributed by atoms with Gasteiger partial charge in [0.1, 0.15) is 0 Å². The fraction of sp³-hybridized carbons (Fsp3) is 0. The normalized spacial score (nSPS) is 12.2. The zero-order chi connectivity index (χ0) is 16.7. The number of halogens is 2. The van der Waals surface area contributed by atoms with Gasteiger partial charge in [-0.05, 0) is 37.4 Å². The summed E-state index contributed by atoms with van der Waals surface area (Å²) in [5.74, 6) is 0. The van der Waals surface area contributed by atoms with Crippen LogP contribution in [0.25, 0.3) is 22.3 Å². The van der Waals surface area contributed by atoms with E-state index in [0.717, 1.165) is 20.3 Å². The summed E-state index contributed by atoms with van der Waals surface area (Å²) in [5, 5.41) is 0.555. The molecule has 0 fully saturated rings. The van der Waals surface area contributed by atoms with Crippen LogP contribution >= 0.6 is 11.6 Å². The molecule has 0 N–H and O–H groups in total. The Morgan fingerprint density at radius 3 is 2.21 bits per heavy atom. The zero-order valence-corrected chi connectivity index (χ0v) is 16.0. The maximum atomic E-state index is 12.3. The Bertz CT molecular complexity index is 1030. The van der Waals surface area contributed by atoms with Gasteiger partial charge in [-0.1, -0.05) is 60.1 Å². The van der Waals surface area contributed by atoms with E-state index in [9.17, 15) is 8.42 Å². The predicted molar refractivity (Wildman–Crippen MR) is 89.3 cm³/mol. The highest BCUT2D eigenvalue weighted by Gasteiger charge is 2.37. The van der Waals surface area contributed by atoms with Crippen LogP contribution in [0.1, 0.15) is 0 Å². The van der Waals surface area contributed by atoms with Crippen LogP contribution in [-0.2, 0) is 12.6 Å². The van der Waals surface area contributed by atoms with Gasteiger partial charge >= 0.3 is 31.7 Å². The molecular weight excluding hydrogens is 459 g/mol. The van der Waals surface area contributed by atoms with Crippen LogP contribution in [0.15, 0.2) is 71.6 Å². The molecule has 0 unspecified atom stereocenters. The summed E-state index contributed by atoms with van der Waals surface area (Å²) in [6.45, 7) is 0. The van der Waals surface area contributed by atoms with Crippen LogP contribution < -0.4 is 21.6 Å². The molecule has 1 aliphatic rings. The summed E-state index contributed by atoms with van der Waals surface area (Å²) in [7, 11) is -3.77. The fourth-order valence-corrected chi connectivity index (χ4v) is 6.81. The molecule has 0 saturated carbocycles. The summed E-state index contributed by atoms with van der Waals surface area (Å²) in [5.41, 5.74) is 4.39. The number of hydrogen-bond donors (Lipinski definition) is 0. The van der Waals surface area contributed by atoms with Crippen molar-refractivity contribution in [2.24, 2.45) is 0 Å². The number of fused-ring (bicyclic) bond motifs is 4. The van der Waals surface area contributed by atoms with Crippen LogP contribution in [0.4, 0.5) is 0 Å². The van der Waals surface area contributed by atoms with Gasteiger partial charge in [0.2, 0.25) is 0 Å². The number of rotatable bonds is 4. The highest BCUT2D eigenvalue weighted by Crippen LogP contribution is 2.47. The van der Waals surface area contributed by atoms with Gasteiger partial charge in [0.05, 0.1) is 9.92 Å². The predicted octanol–water partition coefficient (Wildman–Crippen LogP) is 1.57. The van der Waals surface area contributed by atoms with Crippen LogP contribution in [0.3, 0.4) is 0 Å².